The van der Waals surface area contributed by atoms with Crippen LogP contribution in [0.1, 0.15) is 13.8 Å². The lowest BCUT2D eigenvalue weighted by Gasteiger charge is -2.27. The third kappa shape index (κ3) is 1.25. The molecular weight excluding hydrogens is 132 g/mol. The van der Waals surface area contributed by atoms with Gasteiger partial charge in [-0.2, -0.15) is 0 Å². The molecule has 56 valence electrons. The van der Waals surface area contributed by atoms with Gasteiger partial charge in [-0.15, -0.1) is 0 Å². The van der Waals surface area contributed by atoms with E-state index in [1.54, 1.807) is 13.8 Å². The third-order valence-corrected chi connectivity index (χ3v) is 1.42. The van der Waals surface area contributed by atoms with E-state index in [2.05, 4.69) is 0 Å². The quantitative estimate of drug-likeness (QED) is 0.527. The summed E-state index contributed by atoms with van der Waals surface area (Å²) in [6.07, 6.45) is 1.73. The number of hydrogen-bond acceptors (Lipinski definition) is 3. The fraction of sp³-hybridized carbons (Fsp3) is 0.571. The van der Waals surface area contributed by atoms with Crippen molar-refractivity contribution in [1.82, 2.24) is 0 Å². The number of carbonyl (C=O) groups is 1. The largest absolute Gasteiger partial charge is 0.365 e. The van der Waals surface area contributed by atoms with Crippen LogP contribution < -0.4 is 0 Å². The zero-order valence-electron chi connectivity index (χ0n) is 6.00. The van der Waals surface area contributed by atoms with Crippen LogP contribution >= 0.6 is 0 Å². The fourth-order valence-electron chi connectivity index (χ4n) is 0.770. The number of rotatable bonds is 0. The van der Waals surface area contributed by atoms with E-state index in [-0.39, 0.29) is 5.78 Å². The molecular formula is C7H10O3. The van der Waals surface area contributed by atoms with Crippen LogP contribution in [0.5, 0.6) is 0 Å². The van der Waals surface area contributed by atoms with Crippen LogP contribution in [-0.4, -0.2) is 22.8 Å². The maximum Gasteiger partial charge on any atom is 0.186 e. The molecule has 10 heavy (non-hydrogen) atoms. The number of ketones is 1. The predicted molar refractivity (Wildman–Crippen MR) is 35.3 cm³/mol. The summed E-state index contributed by atoms with van der Waals surface area (Å²) in [5.41, 5.74) is -0.867. The maximum absolute atomic E-state index is 10.9. The van der Waals surface area contributed by atoms with E-state index in [0.29, 0.717) is 0 Å². The molecule has 0 bridgehead atoms. The van der Waals surface area contributed by atoms with Gasteiger partial charge >= 0.3 is 0 Å². The predicted octanol–water partition coefficient (Wildman–Crippen LogP) is 0.239. The Morgan fingerprint density at radius 3 is 2.70 bits per heavy atom. The number of aliphatic hydroxyl groups is 1. The molecule has 1 rings (SSSR count). The van der Waals surface area contributed by atoms with Gasteiger partial charge in [0, 0.05) is 0 Å². The summed E-state index contributed by atoms with van der Waals surface area (Å²) in [5.74, 6) is -0.113. The van der Waals surface area contributed by atoms with Crippen molar-refractivity contribution in [2.24, 2.45) is 0 Å². The molecule has 0 amide bonds. The lowest BCUT2D eigenvalue weighted by Crippen LogP contribution is -2.40. The zero-order chi connectivity index (χ0) is 7.78. The fourth-order valence-corrected chi connectivity index (χ4v) is 0.770. The van der Waals surface area contributed by atoms with E-state index in [0.717, 1.165) is 0 Å². The van der Waals surface area contributed by atoms with Gasteiger partial charge in [-0.25, -0.2) is 0 Å². The van der Waals surface area contributed by atoms with Gasteiger partial charge in [0.05, 0.1) is 0 Å². The minimum atomic E-state index is -0.937. The molecule has 0 aromatic heterocycles. The summed E-state index contributed by atoms with van der Waals surface area (Å²) in [7, 11) is 0. The van der Waals surface area contributed by atoms with Crippen molar-refractivity contribution in [3.8, 4) is 0 Å². The molecule has 1 atom stereocenters. The summed E-state index contributed by atoms with van der Waals surface area (Å²) in [4.78, 5) is 10.9. The Balaban J connectivity index is 2.82. The van der Waals surface area contributed by atoms with E-state index in [9.17, 15) is 4.79 Å². The highest BCUT2D eigenvalue weighted by Gasteiger charge is 2.31. The van der Waals surface area contributed by atoms with Crippen LogP contribution in [-0.2, 0) is 9.53 Å². The molecule has 0 radical (unpaired) electrons. The summed E-state index contributed by atoms with van der Waals surface area (Å²) in [5, 5.41) is 8.90. The van der Waals surface area contributed by atoms with Crippen molar-refractivity contribution >= 4 is 5.78 Å². The highest BCUT2D eigenvalue weighted by atomic mass is 16.6. The van der Waals surface area contributed by atoms with Gasteiger partial charge < -0.3 is 9.84 Å². The molecule has 0 saturated carbocycles. The minimum Gasteiger partial charge on any atom is -0.365 e. The summed E-state index contributed by atoms with van der Waals surface area (Å²) >= 11 is 0. The average molecular weight is 142 g/mol. The van der Waals surface area contributed by atoms with Crippen LogP contribution in [0.3, 0.4) is 0 Å². The third-order valence-electron chi connectivity index (χ3n) is 1.42. The Labute approximate surface area is 59.3 Å². The van der Waals surface area contributed by atoms with Gasteiger partial charge in [-0.1, -0.05) is 0 Å². The molecule has 1 N–H and O–H groups in total. The molecule has 0 aromatic carbocycles. The monoisotopic (exact) mass is 142 g/mol. The van der Waals surface area contributed by atoms with E-state index in [1.807, 2.05) is 0 Å². The second kappa shape index (κ2) is 2.18. The smallest absolute Gasteiger partial charge is 0.186 e. The van der Waals surface area contributed by atoms with Crippen molar-refractivity contribution in [3.63, 3.8) is 0 Å². The minimum absolute atomic E-state index is 0.113. The zero-order valence-corrected chi connectivity index (χ0v) is 6.00. The van der Waals surface area contributed by atoms with E-state index >= 15 is 0 Å². The maximum atomic E-state index is 10.9. The molecule has 0 saturated heterocycles. The van der Waals surface area contributed by atoms with Crippen molar-refractivity contribution < 1.29 is 14.6 Å². The SMILES string of the molecule is CC1(C)OC(O)C=CC1=O. The Bertz CT molecular complexity index is 181. The molecule has 3 nitrogen and oxygen atoms in total. The lowest BCUT2D eigenvalue weighted by atomic mass is 10.0. The van der Waals surface area contributed by atoms with Crippen LogP contribution in [0.15, 0.2) is 12.2 Å². The molecule has 0 aromatic rings. The second-order valence-electron chi connectivity index (χ2n) is 2.74. The summed E-state index contributed by atoms with van der Waals surface area (Å²) in [6.45, 7) is 3.25. The summed E-state index contributed by atoms with van der Waals surface area (Å²) < 4.78 is 4.91. The molecule has 0 spiro atoms. The molecule has 0 aliphatic carbocycles. The first-order chi connectivity index (χ1) is 4.52. The van der Waals surface area contributed by atoms with E-state index in [4.69, 9.17) is 9.84 Å². The number of ether oxygens (including phenoxy) is 1. The number of carbonyl (C=O) groups excluding carboxylic acids is 1. The topological polar surface area (TPSA) is 46.5 Å². The van der Waals surface area contributed by atoms with Gasteiger partial charge in [0.25, 0.3) is 0 Å². The molecule has 1 aliphatic rings. The molecule has 3 heteroatoms. The standard InChI is InChI=1S/C7H10O3/c1-7(2)5(8)3-4-6(9)10-7/h3-4,6,9H,1-2H3. The Morgan fingerprint density at radius 1 is 1.70 bits per heavy atom. The Hall–Kier alpha value is -0.670. The summed E-state index contributed by atoms with van der Waals surface area (Å²) in [6, 6.07) is 0. The second-order valence-corrected chi connectivity index (χ2v) is 2.74. The van der Waals surface area contributed by atoms with Crippen LogP contribution in [0, 0.1) is 0 Å². The number of aliphatic hydroxyl groups excluding tert-OH is 1. The molecule has 1 unspecified atom stereocenters. The Kier molecular flexibility index (Phi) is 1.62. The van der Waals surface area contributed by atoms with Gasteiger partial charge in [-0.05, 0) is 26.0 Å². The van der Waals surface area contributed by atoms with Crippen molar-refractivity contribution in [3.05, 3.63) is 12.2 Å². The molecule has 1 aliphatic heterocycles. The number of hydrogen-bond donors (Lipinski definition) is 1. The van der Waals surface area contributed by atoms with Crippen LogP contribution in [0.2, 0.25) is 0 Å². The van der Waals surface area contributed by atoms with Crippen molar-refractivity contribution in [2.75, 3.05) is 0 Å². The van der Waals surface area contributed by atoms with Gasteiger partial charge in [-0.3, -0.25) is 4.79 Å². The van der Waals surface area contributed by atoms with E-state index in [1.165, 1.54) is 12.2 Å². The highest BCUT2D eigenvalue weighted by Crippen LogP contribution is 2.18. The van der Waals surface area contributed by atoms with Crippen molar-refractivity contribution in [2.45, 2.75) is 25.7 Å². The normalized spacial score (nSPS) is 30.7. The van der Waals surface area contributed by atoms with Crippen LogP contribution in [0.25, 0.3) is 0 Å². The first-order valence-corrected chi connectivity index (χ1v) is 3.11. The Morgan fingerprint density at radius 2 is 2.30 bits per heavy atom. The van der Waals surface area contributed by atoms with E-state index < -0.39 is 11.9 Å². The molecule has 1 heterocycles. The molecule has 0 fully saturated rings. The van der Waals surface area contributed by atoms with Crippen molar-refractivity contribution in [1.29, 1.82) is 0 Å². The average Bonchev–Trinajstić information content (AvgIpc) is 1.78. The van der Waals surface area contributed by atoms with Crippen LogP contribution in [0.4, 0.5) is 0 Å². The first-order valence-electron chi connectivity index (χ1n) is 3.11. The van der Waals surface area contributed by atoms with Gasteiger partial charge in [0.1, 0.15) is 5.60 Å². The lowest BCUT2D eigenvalue weighted by molar-refractivity contribution is -0.169. The van der Waals surface area contributed by atoms with Gasteiger partial charge in [0.2, 0.25) is 0 Å². The highest BCUT2D eigenvalue weighted by molar-refractivity contribution is 5.97. The first kappa shape index (κ1) is 7.44. The van der Waals surface area contributed by atoms with Gasteiger partial charge in [0.15, 0.2) is 12.1 Å².